The molecule has 3 rings (SSSR count). The molecular weight excluding hydrogens is 356 g/mol. The summed E-state index contributed by atoms with van der Waals surface area (Å²) in [6.45, 7) is -0.814. The van der Waals surface area contributed by atoms with Crippen LogP contribution < -0.4 is 9.47 Å². The average molecular weight is 368 g/mol. The molecular formula is C16H12ClF2N3O3. The summed E-state index contributed by atoms with van der Waals surface area (Å²) >= 11 is 5.82. The first-order valence-corrected chi connectivity index (χ1v) is 7.51. The maximum Gasteiger partial charge on any atom is 0.272 e. The van der Waals surface area contributed by atoms with Gasteiger partial charge in [0.15, 0.2) is 12.0 Å². The van der Waals surface area contributed by atoms with Crippen LogP contribution in [0.5, 0.6) is 17.5 Å². The smallest absolute Gasteiger partial charge is 0.272 e. The fraction of sp³-hybridized carbons (Fsp3) is 0.188. The molecule has 0 aliphatic carbocycles. The maximum atomic E-state index is 12.4. The van der Waals surface area contributed by atoms with E-state index >= 15 is 0 Å². The van der Waals surface area contributed by atoms with Gasteiger partial charge in [-0.25, -0.2) is 13.8 Å². The number of aryl methyl sites for hydroxylation is 1. The third kappa shape index (κ3) is 3.69. The largest absolute Gasteiger partial charge is 0.482 e. The molecule has 130 valence electrons. The summed E-state index contributed by atoms with van der Waals surface area (Å²) in [5.41, 5.74) is 0.994. The molecule has 3 aromatic rings. The number of pyridine rings is 2. The normalized spacial score (nSPS) is 11.1. The van der Waals surface area contributed by atoms with Crippen molar-refractivity contribution in [2.75, 3.05) is 6.61 Å². The number of fused-ring (bicyclic) bond motifs is 1. The highest BCUT2D eigenvalue weighted by Gasteiger charge is 2.14. The Morgan fingerprint density at radius 1 is 1.36 bits per heavy atom. The zero-order valence-electron chi connectivity index (χ0n) is 12.9. The van der Waals surface area contributed by atoms with Crippen molar-refractivity contribution >= 4 is 28.9 Å². The van der Waals surface area contributed by atoms with Crippen molar-refractivity contribution in [3.8, 4) is 17.5 Å². The number of nitrogens with zero attached hydrogens (tertiary/aromatic N) is 3. The van der Waals surface area contributed by atoms with E-state index in [1.54, 1.807) is 29.8 Å². The van der Waals surface area contributed by atoms with Gasteiger partial charge in [-0.2, -0.15) is 4.98 Å². The summed E-state index contributed by atoms with van der Waals surface area (Å²) in [5.74, 6) is 0.111. The van der Waals surface area contributed by atoms with Gasteiger partial charge in [-0.05, 0) is 12.1 Å². The molecule has 0 aliphatic heterocycles. The van der Waals surface area contributed by atoms with Gasteiger partial charge in [-0.15, -0.1) is 0 Å². The fourth-order valence-corrected chi connectivity index (χ4v) is 2.36. The fourth-order valence-electron chi connectivity index (χ4n) is 2.21. The van der Waals surface area contributed by atoms with E-state index in [1.165, 1.54) is 12.3 Å². The zero-order chi connectivity index (χ0) is 18.0. The van der Waals surface area contributed by atoms with Gasteiger partial charge in [0.2, 0.25) is 5.88 Å². The van der Waals surface area contributed by atoms with Crippen molar-refractivity contribution < 1.29 is 23.0 Å². The molecule has 0 radical (unpaired) electrons. The second-order valence-corrected chi connectivity index (χ2v) is 5.51. The highest BCUT2D eigenvalue weighted by atomic mass is 35.5. The summed E-state index contributed by atoms with van der Waals surface area (Å²) in [4.78, 5) is 19.2. The molecule has 3 heterocycles. The number of aldehydes is 1. The van der Waals surface area contributed by atoms with E-state index in [0.29, 0.717) is 11.3 Å². The van der Waals surface area contributed by atoms with Gasteiger partial charge in [0.05, 0.1) is 10.7 Å². The molecule has 0 saturated heterocycles. The van der Waals surface area contributed by atoms with Gasteiger partial charge in [0.1, 0.15) is 12.3 Å². The van der Waals surface area contributed by atoms with Crippen LogP contribution in [0.2, 0.25) is 5.02 Å². The van der Waals surface area contributed by atoms with Crippen molar-refractivity contribution in [2.45, 2.75) is 6.43 Å². The molecule has 25 heavy (non-hydrogen) atoms. The Labute approximate surface area is 146 Å². The highest BCUT2D eigenvalue weighted by Crippen LogP contribution is 2.32. The number of rotatable bonds is 6. The van der Waals surface area contributed by atoms with Crippen LogP contribution in [-0.2, 0) is 7.05 Å². The molecule has 0 aromatic carbocycles. The Balaban J connectivity index is 1.92. The van der Waals surface area contributed by atoms with Crippen molar-refractivity contribution in [2.24, 2.45) is 7.05 Å². The molecule has 0 N–H and O–H groups in total. The molecule has 0 unspecified atom stereocenters. The third-order valence-electron chi connectivity index (χ3n) is 3.36. The van der Waals surface area contributed by atoms with Crippen LogP contribution in [0, 0.1) is 0 Å². The standard InChI is InChI=1S/C16H12ClF2N3O3/c1-22-11(7-23)4-9-2-3-14(21-15(9)22)25-16-12(24-8-13(18)19)5-10(17)6-20-16/h2-7,13H,8H2,1H3. The van der Waals surface area contributed by atoms with Crippen molar-refractivity contribution in [3.63, 3.8) is 0 Å². The first-order valence-electron chi connectivity index (χ1n) is 7.14. The SMILES string of the molecule is Cn1c(C=O)cc2ccc(Oc3ncc(Cl)cc3OCC(F)F)nc21. The summed E-state index contributed by atoms with van der Waals surface area (Å²) in [6, 6.07) is 6.32. The van der Waals surface area contributed by atoms with E-state index in [4.69, 9.17) is 21.1 Å². The first kappa shape index (κ1) is 17.1. The number of aromatic nitrogens is 3. The first-order chi connectivity index (χ1) is 12.0. The van der Waals surface area contributed by atoms with Crippen molar-refractivity contribution in [3.05, 3.63) is 41.2 Å². The Bertz CT molecular complexity index is 930. The molecule has 0 amide bonds. The van der Waals surface area contributed by atoms with Crippen LogP contribution in [0.4, 0.5) is 8.78 Å². The van der Waals surface area contributed by atoms with E-state index in [0.717, 1.165) is 11.7 Å². The minimum atomic E-state index is -2.65. The van der Waals surface area contributed by atoms with Gasteiger partial charge in [0, 0.05) is 30.8 Å². The number of halogens is 3. The van der Waals surface area contributed by atoms with Gasteiger partial charge in [0.25, 0.3) is 12.3 Å². The summed E-state index contributed by atoms with van der Waals surface area (Å²) in [7, 11) is 1.70. The number of hydrogen-bond acceptors (Lipinski definition) is 5. The van der Waals surface area contributed by atoms with Crippen LogP contribution >= 0.6 is 11.6 Å². The van der Waals surface area contributed by atoms with Crippen LogP contribution in [0.1, 0.15) is 10.5 Å². The molecule has 6 nitrogen and oxygen atoms in total. The number of hydrogen-bond donors (Lipinski definition) is 0. The predicted octanol–water partition coefficient (Wildman–Crippen LogP) is 3.87. The molecule has 0 saturated carbocycles. The van der Waals surface area contributed by atoms with Crippen molar-refractivity contribution in [1.29, 1.82) is 0 Å². The predicted molar refractivity (Wildman–Crippen MR) is 86.9 cm³/mol. The Kier molecular flexibility index (Phi) is 4.80. The average Bonchev–Trinajstić information content (AvgIpc) is 2.91. The number of carbonyl (C=O) groups excluding carboxylic acids is 1. The highest BCUT2D eigenvalue weighted by molar-refractivity contribution is 6.30. The van der Waals surface area contributed by atoms with Crippen LogP contribution in [0.25, 0.3) is 11.0 Å². The lowest BCUT2D eigenvalue weighted by molar-refractivity contribution is 0.0804. The maximum absolute atomic E-state index is 12.4. The molecule has 0 spiro atoms. The zero-order valence-corrected chi connectivity index (χ0v) is 13.7. The van der Waals surface area contributed by atoms with Gasteiger partial charge >= 0.3 is 0 Å². The Morgan fingerprint density at radius 3 is 2.88 bits per heavy atom. The number of alkyl halides is 2. The number of ether oxygens (including phenoxy) is 2. The van der Waals surface area contributed by atoms with Crippen LogP contribution in [-0.4, -0.2) is 33.9 Å². The lowest BCUT2D eigenvalue weighted by atomic mass is 10.3. The minimum absolute atomic E-state index is 0.0184. The van der Waals surface area contributed by atoms with Gasteiger partial charge < -0.3 is 14.0 Å². The number of carbonyl (C=O) groups is 1. The van der Waals surface area contributed by atoms with E-state index in [2.05, 4.69) is 9.97 Å². The van der Waals surface area contributed by atoms with Crippen molar-refractivity contribution in [1.82, 2.24) is 14.5 Å². The summed E-state index contributed by atoms with van der Waals surface area (Å²) < 4.78 is 36.9. The molecule has 3 aromatic heterocycles. The second-order valence-electron chi connectivity index (χ2n) is 5.07. The van der Waals surface area contributed by atoms with E-state index < -0.39 is 13.0 Å². The Morgan fingerprint density at radius 2 is 2.16 bits per heavy atom. The summed E-state index contributed by atoms with van der Waals surface area (Å²) in [6.07, 6.45) is -0.622. The second kappa shape index (κ2) is 7.02. The molecule has 0 fully saturated rings. The quantitative estimate of drug-likeness (QED) is 0.619. The molecule has 0 atom stereocenters. The van der Waals surface area contributed by atoms with E-state index in [9.17, 15) is 13.6 Å². The molecule has 9 heteroatoms. The van der Waals surface area contributed by atoms with Gasteiger partial charge in [-0.3, -0.25) is 4.79 Å². The Hall–Kier alpha value is -2.74. The van der Waals surface area contributed by atoms with Crippen LogP contribution in [0.15, 0.2) is 30.5 Å². The van der Waals surface area contributed by atoms with E-state index in [-0.39, 0.29) is 22.5 Å². The lowest BCUT2D eigenvalue weighted by Crippen LogP contribution is -2.08. The molecule has 0 aliphatic rings. The summed E-state index contributed by atoms with van der Waals surface area (Å²) in [5, 5.41) is 0.980. The van der Waals surface area contributed by atoms with E-state index in [1.807, 2.05) is 0 Å². The monoisotopic (exact) mass is 367 g/mol. The minimum Gasteiger partial charge on any atom is -0.482 e. The lowest BCUT2D eigenvalue weighted by Gasteiger charge is -2.11. The topological polar surface area (TPSA) is 66.2 Å². The molecule has 0 bridgehead atoms. The third-order valence-corrected chi connectivity index (χ3v) is 3.57. The van der Waals surface area contributed by atoms with Gasteiger partial charge in [-0.1, -0.05) is 11.6 Å². The van der Waals surface area contributed by atoms with Crippen LogP contribution in [0.3, 0.4) is 0 Å².